The van der Waals surface area contributed by atoms with Crippen LogP contribution in [0.15, 0.2) is 18.2 Å². The molecule has 2 fully saturated rings. The molecule has 2 aliphatic heterocycles. The predicted molar refractivity (Wildman–Crippen MR) is 95.1 cm³/mol. The number of benzene rings is 1. The molecule has 26 heavy (non-hydrogen) atoms. The Morgan fingerprint density at radius 2 is 1.96 bits per heavy atom. The van der Waals surface area contributed by atoms with Gasteiger partial charge in [0.05, 0.1) is 38.7 Å². The average molecular weight is 384 g/mol. The molecule has 0 aromatic heterocycles. The van der Waals surface area contributed by atoms with Crippen LogP contribution in [0.25, 0.3) is 0 Å². The molecule has 0 saturated carbocycles. The van der Waals surface area contributed by atoms with E-state index in [2.05, 4.69) is 0 Å². The standard InChI is InChI=1S/C17H24N2O6S/c1-23-13-4-5-14(15(8-13)24-2)17(20)18-9-12-10-19(26(3,21)22)6-7-25-16(12)11-18/h4-5,8,12,16H,6-7,9-11H2,1-3H3/t12-,16-/m1/s1. The smallest absolute Gasteiger partial charge is 0.257 e. The summed E-state index contributed by atoms with van der Waals surface area (Å²) in [6.07, 6.45) is 1.04. The van der Waals surface area contributed by atoms with Crippen LogP contribution in [0.3, 0.4) is 0 Å². The van der Waals surface area contributed by atoms with E-state index in [1.54, 1.807) is 30.2 Å². The Bertz CT molecular complexity index is 781. The summed E-state index contributed by atoms with van der Waals surface area (Å²) in [4.78, 5) is 14.7. The van der Waals surface area contributed by atoms with Crippen LogP contribution in [-0.2, 0) is 14.8 Å². The summed E-state index contributed by atoms with van der Waals surface area (Å²) in [6, 6.07) is 5.06. The molecule has 0 radical (unpaired) electrons. The fourth-order valence-corrected chi connectivity index (χ4v) is 4.35. The number of nitrogens with zero attached hydrogens (tertiary/aromatic N) is 2. The van der Waals surface area contributed by atoms with Crippen molar-refractivity contribution in [3.63, 3.8) is 0 Å². The van der Waals surface area contributed by atoms with Crippen molar-refractivity contribution in [2.24, 2.45) is 5.92 Å². The lowest BCUT2D eigenvalue weighted by Gasteiger charge is -2.21. The fraction of sp³-hybridized carbons (Fsp3) is 0.588. The minimum atomic E-state index is -3.28. The van der Waals surface area contributed by atoms with Crippen LogP contribution in [0.4, 0.5) is 0 Å². The van der Waals surface area contributed by atoms with E-state index < -0.39 is 10.0 Å². The van der Waals surface area contributed by atoms with Crippen molar-refractivity contribution < 1.29 is 27.4 Å². The Balaban J connectivity index is 1.77. The number of ether oxygens (including phenoxy) is 3. The van der Waals surface area contributed by atoms with Crippen molar-refractivity contribution >= 4 is 15.9 Å². The SMILES string of the molecule is COc1ccc(C(=O)N2C[C@@H]3CN(S(C)(=O)=O)CCO[C@@H]3C2)c(OC)c1. The van der Waals surface area contributed by atoms with Crippen molar-refractivity contribution in [1.82, 2.24) is 9.21 Å². The minimum Gasteiger partial charge on any atom is -0.497 e. The van der Waals surface area contributed by atoms with Gasteiger partial charge in [0, 0.05) is 38.2 Å². The number of methoxy groups -OCH3 is 2. The third kappa shape index (κ3) is 3.79. The molecule has 2 saturated heterocycles. The van der Waals surface area contributed by atoms with Crippen LogP contribution in [0, 0.1) is 5.92 Å². The maximum Gasteiger partial charge on any atom is 0.257 e. The van der Waals surface area contributed by atoms with Crippen LogP contribution >= 0.6 is 0 Å². The molecule has 8 nitrogen and oxygen atoms in total. The van der Waals surface area contributed by atoms with E-state index in [1.165, 1.54) is 17.7 Å². The van der Waals surface area contributed by atoms with E-state index in [9.17, 15) is 13.2 Å². The number of hydrogen-bond acceptors (Lipinski definition) is 6. The third-order valence-corrected chi connectivity index (χ3v) is 6.16. The Morgan fingerprint density at radius 3 is 2.62 bits per heavy atom. The molecule has 2 aliphatic rings. The number of sulfonamides is 1. The van der Waals surface area contributed by atoms with Crippen LogP contribution < -0.4 is 9.47 Å². The zero-order valence-electron chi connectivity index (χ0n) is 15.2. The molecule has 0 bridgehead atoms. The zero-order valence-corrected chi connectivity index (χ0v) is 16.0. The topological polar surface area (TPSA) is 85.4 Å². The number of carbonyl (C=O) groups excluding carboxylic acids is 1. The molecule has 0 unspecified atom stereocenters. The Kier molecular flexibility index (Phi) is 5.40. The highest BCUT2D eigenvalue weighted by molar-refractivity contribution is 7.88. The van der Waals surface area contributed by atoms with Crippen molar-refractivity contribution in [3.05, 3.63) is 23.8 Å². The van der Waals surface area contributed by atoms with E-state index in [-0.39, 0.29) is 17.9 Å². The molecule has 0 spiro atoms. The van der Waals surface area contributed by atoms with E-state index in [1.807, 2.05) is 0 Å². The second-order valence-electron chi connectivity index (χ2n) is 6.57. The summed E-state index contributed by atoms with van der Waals surface area (Å²) >= 11 is 0. The molecule has 1 aromatic rings. The second kappa shape index (κ2) is 7.42. The van der Waals surface area contributed by atoms with Crippen molar-refractivity contribution in [2.45, 2.75) is 6.10 Å². The first-order valence-electron chi connectivity index (χ1n) is 8.41. The molecule has 2 heterocycles. The first kappa shape index (κ1) is 18.9. The molecule has 2 atom stereocenters. The highest BCUT2D eigenvalue weighted by Crippen LogP contribution is 2.30. The summed E-state index contributed by atoms with van der Waals surface area (Å²) in [5, 5.41) is 0. The summed E-state index contributed by atoms with van der Waals surface area (Å²) in [5.74, 6) is 0.852. The molecule has 0 aliphatic carbocycles. The molecule has 144 valence electrons. The highest BCUT2D eigenvalue weighted by Gasteiger charge is 2.40. The minimum absolute atomic E-state index is 0.0413. The summed E-state index contributed by atoms with van der Waals surface area (Å²) in [5.41, 5.74) is 0.449. The second-order valence-corrected chi connectivity index (χ2v) is 8.55. The van der Waals surface area contributed by atoms with Gasteiger partial charge in [0.2, 0.25) is 10.0 Å². The van der Waals surface area contributed by atoms with E-state index >= 15 is 0 Å². The predicted octanol–water partition coefficient (Wildman–Crippen LogP) is 0.436. The van der Waals surface area contributed by atoms with Gasteiger partial charge in [-0.05, 0) is 12.1 Å². The van der Waals surface area contributed by atoms with Crippen LogP contribution in [0.2, 0.25) is 0 Å². The number of amides is 1. The molecule has 1 aromatic carbocycles. The number of carbonyl (C=O) groups is 1. The Hall–Kier alpha value is -1.84. The molecule has 9 heteroatoms. The van der Waals surface area contributed by atoms with Gasteiger partial charge in [-0.25, -0.2) is 8.42 Å². The summed E-state index contributed by atoms with van der Waals surface area (Å²) < 4.78 is 41.5. The normalized spacial score (nSPS) is 24.0. The lowest BCUT2D eigenvalue weighted by Crippen LogP contribution is -2.37. The molecule has 1 amide bonds. The van der Waals surface area contributed by atoms with Gasteiger partial charge in [-0.2, -0.15) is 4.31 Å². The monoisotopic (exact) mass is 384 g/mol. The first-order chi connectivity index (χ1) is 12.3. The highest BCUT2D eigenvalue weighted by atomic mass is 32.2. The number of rotatable bonds is 4. The van der Waals surface area contributed by atoms with E-state index in [0.29, 0.717) is 49.8 Å². The average Bonchev–Trinajstić information content (AvgIpc) is 2.90. The molecule has 0 N–H and O–H groups in total. The van der Waals surface area contributed by atoms with Gasteiger partial charge in [0.1, 0.15) is 11.5 Å². The Morgan fingerprint density at radius 1 is 1.19 bits per heavy atom. The number of likely N-dealkylation sites (tertiary alicyclic amines) is 1. The quantitative estimate of drug-likeness (QED) is 0.749. The zero-order chi connectivity index (χ0) is 18.9. The van der Waals surface area contributed by atoms with Crippen LogP contribution in [0.1, 0.15) is 10.4 Å². The molecular weight excluding hydrogens is 360 g/mol. The molecule has 3 rings (SSSR count). The molecular formula is C17H24N2O6S. The van der Waals surface area contributed by atoms with Crippen molar-refractivity contribution in [1.29, 1.82) is 0 Å². The lowest BCUT2D eigenvalue weighted by molar-refractivity contribution is 0.0491. The van der Waals surface area contributed by atoms with Gasteiger partial charge in [0.15, 0.2) is 0 Å². The van der Waals surface area contributed by atoms with Crippen LogP contribution in [-0.4, -0.2) is 82.9 Å². The van der Waals surface area contributed by atoms with Gasteiger partial charge in [0.25, 0.3) is 5.91 Å². The fourth-order valence-electron chi connectivity index (χ4n) is 3.48. The van der Waals surface area contributed by atoms with Gasteiger partial charge in [-0.1, -0.05) is 0 Å². The van der Waals surface area contributed by atoms with E-state index in [0.717, 1.165) is 0 Å². The van der Waals surface area contributed by atoms with Crippen molar-refractivity contribution in [3.8, 4) is 11.5 Å². The van der Waals surface area contributed by atoms with Crippen LogP contribution in [0.5, 0.6) is 11.5 Å². The maximum absolute atomic E-state index is 13.0. The Labute approximate surface area is 153 Å². The number of hydrogen-bond donors (Lipinski definition) is 0. The number of fused-ring (bicyclic) bond motifs is 1. The summed E-state index contributed by atoms with van der Waals surface area (Å²) in [6.45, 7) is 1.95. The van der Waals surface area contributed by atoms with Gasteiger partial charge >= 0.3 is 0 Å². The van der Waals surface area contributed by atoms with E-state index in [4.69, 9.17) is 14.2 Å². The summed E-state index contributed by atoms with van der Waals surface area (Å²) in [7, 11) is -0.223. The lowest BCUT2D eigenvalue weighted by atomic mass is 10.1. The van der Waals surface area contributed by atoms with Gasteiger partial charge < -0.3 is 19.1 Å². The first-order valence-corrected chi connectivity index (χ1v) is 10.3. The largest absolute Gasteiger partial charge is 0.497 e. The van der Waals surface area contributed by atoms with Crippen molar-refractivity contribution in [2.75, 3.05) is 53.3 Å². The maximum atomic E-state index is 13.0. The van der Waals surface area contributed by atoms with Gasteiger partial charge in [-0.3, -0.25) is 4.79 Å². The third-order valence-electron chi connectivity index (χ3n) is 4.89. The van der Waals surface area contributed by atoms with Gasteiger partial charge in [-0.15, -0.1) is 0 Å².